The Labute approximate surface area is 172 Å². The molecule has 144 valence electrons. The van der Waals surface area contributed by atoms with Gasteiger partial charge in [0.2, 0.25) is 0 Å². The molecular weight excluding hydrogens is 410 g/mol. The normalized spacial score (nSPS) is 10.6. The van der Waals surface area contributed by atoms with E-state index < -0.39 is 11.7 Å². The van der Waals surface area contributed by atoms with Gasteiger partial charge in [0.05, 0.1) is 12.5 Å². The number of rotatable bonds is 3. The van der Waals surface area contributed by atoms with E-state index in [1.54, 1.807) is 18.2 Å². The average molecular weight is 423 g/mol. The maximum Gasteiger partial charge on any atom is 0.411 e. The number of H-pyrrole nitrogens is 1. The molecule has 7 nitrogen and oxygen atoms in total. The van der Waals surface area contributed by atoms with Gasteiger partial charge in [-0.05, 0) is 29.8 Å². The van der Waals surface area contributed by atoms with Crippen molar-refractivity contribution in [1.82, 2.24) is 4.98 Å². The first-order valence-electron chi connectivity index (χ1n) is 8.34. The summed E-state index contributed by atoms with van der Waals surface area (Å²) in [6.45, 7) is 0. The predicted octanol–water partition coefficient (Wildman–Crippen LogP) is 4.74. The number of methoxy groups -OCH3 is 1. The molecular formula is C20H13N3O4S2. The molecule has 1 aromatic carbocycles. The second kappa shape index (κ2) is 7.43. The van der Waals surface area contributed by atoms with Crippen LogP contribution in [0.1, 0.15) is 5.56 Å². The number of ether oxygens (including phenoxy) is 1. The van der Waals surface area contributed by atoms with Gasteiger partial charge in [-0.25, -0.2) is 4.79 Å². The summed E-state index contributed by atoms with van der Waals surface area (Å²) in [5.41, 5.74) is 1.46. The minimum atomic E-state index is -0.599. The minimum Gasteiger partial charge on any atom is -0.506 e. The summed E-state index contributed by atoms with van der Waals surface area (Å²) in [7, 11) is 1.30. The van der Waals surface area contributed by atoms with Crippen LogP contribution < -0.4 is 10.9 Å². The summed E-state index contributed by atoms with van der Waals surface area (Å²) in [5.74, 6) is -0.296. The van der Waals surface area contributed by atoms with Crippen LogP contribution >= 0.6 is 22.7 Å². The Balaban J connectivity index is 1.71. The van der Waals surface area contributed by atoms with Crippen LogP contribution in [0.2, 0.25) is 0 Å². The van der Waals surface area contributed by atoms with Gasteiger partial charge >= 0.3 is 6.09 Å². The molecule has 0 spiro atoms. The summed E-state index contributed by atoms with van der Waals surface area (Å²) in [6.07, 6.45) is -0.532. The van der Waals surface area contributed by atoms with E-state index in [2.05, 4.69) is 15.0 Å². The van der Waals surface area contributed by atoms with Crippen molar-refractivity contribution in [1.29, 1.82) is 5.26 Å². The van der Waals surface area contributed by atoms with Crippen molar-refractivity contribution >= 4 is 44.7 Å². The van der Waals surface area contributed by atoms with Crippen molar-refractivity contribution in [2.45, 2.75) is 0 Å². The Morgan fingerprint density at radius 3 is 2.62 bits per heavy atom. The number of thiophene rings is 2. The molecule has 0 radical (unpaired) electrons. The standard InChI is InChI=1S/C20H13N3O4S2/c1-27-20(26)22-11-4-2-10(3-5-11)14-6-7-15(29-14)13-9-28-19-16(13)17(24)12(8-21)18(25)23-19/h2-7,9H,1H3,(H,22,26)(H2,23,24,25). The summed E-state index contributed by atoms with van der Waals surface area (Å²) in [4.78, 5) is 28.2. The lowest BCUT2D eigenvalue weighted by atomic mass is 10.1. The molecule has 4 aromatic rings. The SMILES string of the molecule is COC(=O)Nc1ccc(-c2ccc(-c3csc4[nH]c(=O)c(C#N)c(O)c34)s2)cc1. The molecule has 0 unspecified atom stereocenters. The summed E-state index contributed by atoms with van der Waals surface area (Å²) < 4.78 is 4.57. The van der Waals surface area contributed by atoms with Crippen LogP contribution in [-0.4, -0.2) is 23.3 Å². The van der Waals surface area contributed by atoms with Gasteiger partial charge in [-0.2, -0.15) is 5.26 Å². The average Bonchev–Trinajstić information content (AvgIpc) is 3.36. The molecule has 4 rings (SSSR count). The van der Waals surface area contributed by atoms with E-state index in [1.807, 2.05) is 29.6 Å². The highest BCUT2D eigenvalue weighted by Crippen LogP contribution is 2.43. The maximum absolute atomic E-state index is 11.9. The highest BCUT2D eigenvalue weighted by Gasteiger charge is 2.18. The second-order valence-electron chi connectivity index (χ2n) is 6.00. The van der Waals surface area contributed by atoms with Gasteiger partial charge in [-0.3, -0.25) is 10.1 Å². The number of anilines is 1. The van der Waals surface area contributed by atoms with Gasteiger partial charge in [-0.15, -0.1) is 22.7 Å². The number of aromatic nitrogens is 1. The Morgan fingerprint density at radius 1 is 1.21 bits per heavy atom. The van der Waals surface area contributed by atoms with E-state index in [-0.39, 0.29) is 11.3 Å². The molecule has 0 saturated heterocycles. The number of hydrogen-bond donors (Lipinski definition) is 3. The van der Waals surface area contributed by atoms with Crippen LogP contribution in [0.5, 0.6) is 5.75 Å². The van der Waals surface area contributed by atoms with Crippen molar-refractivity contribution < 1.29 is 14.6 Å². The number of aromatic hydroxyl groups is 1. The van der Waals surface area contributed by atoms with E-state index >= 15 is 0 Å². The van der Waals surface area contributed by atoms with Crippen LogP contribution in [0.25, 0.3) is 31.1 Å². The zero-order valence-corrected chi connectivity index (χ0v) is 16.6. The molecule has 0 fully saturated rings. The first kappa shape index (κ1) is 18.7. The van der Waals surface area contributed by atoms with Crippen molar-refractivity contribution in [3.63, 3.8) is 0 Å². The zero-order valence-electron chi connectivity index (χ0n) is 15.0. The number of amides is 1. The quantitative estimate of drug-likeness (QED) is 0.440. The third-order valence-electron chi connectivity index (χ3n) is 4.30. The number of carbonyl (C=O) groups excluding carboxylic acids is 1. The minimum absolute atomic E-state index is 0.289. The number of fused-ring (bicyclic) bond motifs is 1. The fourth-order valence-corrected chi connectivity index (χ4v) is 4.96. The lowest BCUT2D eigenvalue weighted by molar-refractivity contribution is 0.187. The number of nitrogens with one attached hydrogen (secondary N) is 2. The number of hydrogen-bond acceptors (Lipinski definition) is 7. The molecule has 3 heterocycles. The van der Waals surface area contributed by atoms with Crippen LogP contribution in [0.3, 0.4) is 0 Å². The van der Waals surface area contributed by atoms with Crippen LogP contribution in [0.4, 0.5) is 10.5 Å². The molecule has 0 aliphatic carbocycles. The highest BCUT2D eigenvalue weighted by molar-refractivity contribution is 7.20. The monoisotopic (exact) mass is 423 g/mol. The van der Waals surface area contributed by atoms with Crippen molar-refractivity contribution in [2.24, 2.45) is 0 Å². The zero-order chi connectivity index (χ0) is 20.5. The van der Waals surface area contributed by atoms with Gasteiger partial charge in [0, 0.05) is 26.4 Å². The molecule has 9 heteroatoms. The third kappa shape index (κ3) is 3.35. The molecule has 29 heavy (non-hydrogen) atoms. The molecule has 3 aromatic heterocycles. The largest absolute Gasteiger partial charge is 0.506 e. The number of aromatic amines is 1. The smallest absolute Gasteiger partial charge is 0.411 e. The van der Waals surface area contributed by atoms with Gasteiger partial charge in [-0.1, -0.05) is 12.1 Å². The van der Waals surface area contributed by atoms with E-state index in [9.17, 15) is 14.7 Å². The fraction of sp³-hybridized carbons (Fsp3) is 0.0500. The maximum atomic E-state index is 11.9. The van der Waals surface area contributed by atoms with Gasteiger partial charge in [0.25, 0.3) is 5.56 Å². The molecule has 1 amide bonds. The second-order valence-corrected chi connectivity index (χ2v) is 7.96. The van der Waals surface area contributed by atoms with E-state index in [0.29, 0.717) is 15.9 Å². The number of nitrogens with zero attached hydrogens (tertiary/aromatic N) is 1. The predicted molar refractivity (Wildman–Crippen MR) is 114 cm³/mol. The van der Waals surface area contributed by atoms with Crippen molar-refractivity contribution in [3.8, 4) is 32.7 Å². The number of nitriles is 1. The molecule has 0 aliphatic rings. The fourth-order valence-electron chi connectivity index (χ4n) is 2.89. The number of benzene rings is 1. The number of pyridine rings is 1. The van der Waals surface area contributed by atoms with E-state index in [4.69, 9.17) is 5.26 Å². The first-order chi connectivity index (χ1) is 14.0. The Morgan fingerprint density at radius 2 is 1.93 bits per heavy atom. The summed E-state index contributed by atoms with van der Waals surface area (Å²) in [6, 6.07) is 13.0. The summed E-state index contributed by atoms with van der Waals surface area (Å²) >= 11 is 2.82. The van der Waals surface area contributed by atoms with Gasteiger partial charge < -0.3 is 14.8 Å². The molecule has 0 atom stereocenters. The Bertz CT molecular complexity index is 1330. The topological polar surface area (TPSA) is 115 Å². The van der Waals surface area contributed by atoms with Crippen LogP contribution in [-0.2, 0) is 4.74 Å². The molecule has 0 saturated carbocycles. The molecule has 0 aliphatic heterocycles. The van der Waals surface area contributed by atoms with Crippen molar-refractivity contribution in [2.75, 3.05) is 12.4 Å². The van der Waals surface area contributed by atoms with Gasteiger partial charge in [0.15, 0.2) is 5.56 Å². The summed E-state index contributed by atoms with van der Waals surface area (Å²) in [5, 5.41) is 24.5. The van der Waals surface area contributed by atoms with E-state index in [0.717, 1.165) is 20.9 Å². The molecule has 0 bridgehead atoms. The highest BCUT2D eigenvalue weighted by atomic mass is 32.1. The van der Waals surface area contributed by atoms with Crippen LogP contribution in [0, 0.1) is 11.3 Å². The Hall–Kier alpha value is -3.61. The first-order valence-corrected chi connectivity index (χ1v) is 10.0. The van der Waals surface area contributed by atoms with Crippen LogP contribution in [0.15, 0.2) is 46.6 Å². The number of carbonyl (C=O) groups is 1. The van der Waals surface area contributed by atoms with Crippen molar-refractivity contribution in [3.05, 3.63) is 57.7 Å². The lowest BCUT2D eigenvalue weighted by Gasteiger charge is -2.04. The molecule has 3 N–H and O–H groups in total. The lowest BCUT2D eigenvalue weighted by Crippen LogP contribution is -2.10. The Kier molecular flexibility index (Phi) is 4.80. The van der Waals surface area contributed by atoms with Gasteiger partial charge in [0.1, 0.15) is 16.6 Å². The third-order valence-corrected chi connectivity index (χ3v) is 6.37. The van der Waals surface area contributed by atoms with E-state index in [1.165, 1.54) is 29.8 Å².